The third-order valence-corrected chi connectivity index (χ3v) is 4.36. The third kappa shape index (κ3) is 6.02. The molecule has 0 radical (unpaired) electrons. The number of hydrogen-bond donors (Lipinski definition) is 3. The molecule has 0 saturated carbocycles. The number of halogens is 1. The Labute approximate surface area is 128 Å². The van der Waals surface area contributed by atoms with E-state index in [0.29, 0.717) is 22.8 Å². The van der Waals surface area contributed by atoms with E-state index in [9.17, 15) is 8.42 Å². The molecule has 0 fully saturated rings. The fourth-order valence-corrected chi connectivity index (χ4v) is 2.70. The van der Waals surface area contributed by atoms with Crippen LogP contribution in [0.15, 0.2) is 10.7 Å². The van der Waals surface area contributed by atoms with Crippen LogP contribution in [-0.2, 0) is 10.0 Å². The van der Waals surface area contributed by atoms with Crippen molar-refractivity contribution in [3.63, 3.8) is 0 Å². The van der Waals surface area contributed by atoms with Gasteiger partial charge >= 0.3 is 0 Å². The summed E-state index contributed by atoms with van der Waals surface area (Å²) >= 11 is 3.33. The molecule has 3 N–H and O–H groups in total. The third-order valence-electron chi connectivity index (χ3n) is 2.30. The van der Waals surface area contributed by atoms with Gasteiger partial charge in [0, 0.05) is 25.8 Å². The van der Waals surface area contributed by atoms with Crippen LogP contribution >= 0.6 is 15.9 Å². The summed E-state index contributed by atoms with van der Waals surface area (Å²) < 4.78 is 26.1. The van der Waals surface area contributed by atoms with Gasteiger partial charge in [-0.3, -0.25) is 0 Å². The van der Waals surface area contributed by atoms with E-state index in [4.69, 9.17) is 0 Å². The summed E-state index contributed by atoms with van der Waals surface area (Å²) in [4.78, 5) is 8.40. The number of nitrogens with one attached hydrogen (secondary N) is 3. The Morgan fingerprint density at radius 3 is 2.65 bits per heavy atom. The van der Waals surface area contributed by atoms with Crippen LogP contribution in [0.4, 0.5) is 11.8 Å². The van der Waals surface area contributed by atoms with Gasteiger partial charge in [0.15, 0.2) is 0 Å². The lowest BCUT2D eigenvalue weighted by molar-refractivity contribution is 0.584. The van der Waals surface area contributed by atoms with Crippen molar-refractivity contribution in [1.29, 1.82) is 0 Å². The molecule has 0 bridgehead atoms. The fraction of sp³-hybridized carbons (Fsp3) is 0.636. The highest BCUT2D eigenvalue weighted by molar-refractivity contribution is 9.10. The molecule has 0 aliphatic carbocycles. The normalized spacial score (nSPS) is 11.3. The lowest BCUT2D eigenvalue weighted by Crippen LogP contribution is -2.29. The van der Waals surface area contributed by atoms with Gasteiger partial charge in [0.25, 0.3) is 0 Å². The predicted molar refractivity (Wildman–Crippen MR) is 84.5 cm³/mol. The van der Waals surface area contributed by atoms with Crippen LogP contribution in [-0.4, -0.2) is 43.8 Å². The van der Waals surface area contributed by atoms with E-state index >= 15 is 0 Å². The molecule has 0 unspecified atom stereocenters. The molecule has 114 valence electrons. The van der Waals surface area contributed by atoms with Gasteiger partial charge in [-0.15, -0.1) is 0 Å². The predicted octanol–water partition coefficient (Wildman–Crippen LogP) is 1.41. The Morgan fingerprint density at radius 2 is 2.00 bits per heavy atom. The van der Waals surface area contributed by atoms with Gasteiger partial charge in [0.2, 0.25) is 16.0 Å². The highest BCUT2D eigenvalue weighted by Gasteiger charge is 2.09. The summed E-state index contributed by atoms with van der Waals surface area (Å²) in [5.41, 5.74) is 0. The summed E-state index contributed by atoms with van der Waals surface area (Å²) in [5, 5.41) is 6.06. The Kier molecular flexibility index (Phi) is 7.17. The number of anilines is 2. The first-order valence-corrected chi connectivity index (χ1v) is 8.90. The van der Waals surface area contributed by atoms with Crippen LogP contribution in [0.1, 0.15) is 20.3 Å². The van der Waals surface area contributed by atoms with Gasteiger partial charge in [0.05, 0.1) is 10.2 Å². The maximum absolute atomic E-state index is 11.5. The first-order chi connectivity index (χ1) is 9.48. The monoisotopic (exact) mass is 365 g/mol. The molecule has 9 heteroatoms. The van der Waals surface area contributed by atoms with Crippen LogP contribution in [0.5, 0.6) is 0 Å². The van der Waals surface area contributed by atoms with E-state index in [-0.39, 0.29) is 12.3 Å². The Hall–Kier alpha value is -0.930. The van der Waals surface area contributed by atoms with E-state index < -0.39 is 10.0 Å². The largest absolute Gasteiger partial charge is 0.368 e. The second-order valence-electron chi connectivity index (χ2n) is 4.06. The van der Waals surface area contributed by atoms with Crippen molar-refractivity contribution in [2.75, 3.05) is 36.0 Å². The van der Waals surface area contributed by atoms with Crippen LogP contribution < -0.4 is 15.4 Å². The molecular formula is C11H20BrN5O2S. The average Bonchev–Trinajstić information content (AvgIpc) is 2.39. The SMILES string of the molecule is CCCNc1ncc(Br)c(NCCS(=O)(=O)NCC)n1. The van der Waals surface area contributed by atoms with Gasteiger partial charge in [-0.1, -0.05) is 13.8 Å². The second-order valence-corrected chi connectivity index (χ2v) is 6.84. The molecule has 7 nitrogen and oxygen atoms in total. The van der Waals surface area contributed by atoms with Crippen molar-refractivity contribution in [2.24, 2.45) is 0 Å². The zero-order chi connectivity index (χ0) is 15.0. The Morgan fingerprint density at radius 1 is 1.25 bits per heavy atom. The molecule has 1 heterocycles. The molecule has 0 aliphatic heterocycles. The summed E-state index contributed by atoms with van der Waals surface area (Å²) in [7, 11) is -3.23. The van der Waals surface area contributed by atoms with Crippen molar-refractivity contribution < 1.29 is 8.42 Å². The molecule has 0 spiro atoms. The summed E-state index contributed by atoms with van der Waals surface area (Å²) in [6.07, 6.45) is 2.61. The van der Waals surface area contributed by atoms with Gasteiger partial charge in [-0.05, 0) is 22.4 Å². The zero-order valence-electron chi connectivity index (χ0n) is 11.6. The van der Waals surface area contributed by atoms with Gasteiger partial charge in [-0.2, -0.15) is 4.98 Å². The first-order valence-electron chi connectivity index (χ1n) is 6.46. The van der Waals surface area contributed by atoms with Crippen molar-refractivity contribution in [2.45, 2.75) is 20.3 Å². The van der Waals surface area contributed by atoms with Crippen molar-refractivity contribution in [3.05, 3.63) is 10.7 Å². The summed E-state index contributed by atoms with van der Waals surface area (Å²) in [6, 6.07) is 0. The minimum atomic E-state index is -3.23. The number of nitrogens with zero attached hydrogens (tertiary/aromatic N) is 2. The standard InChI is InChI=1S/C11H20BrN5O2S/c1-3-5-14-11-15-8-9(12)10(17-11)13-6-7-20(18,19)16-4-2/h8,16H,3-7H2,1-2H3,(H2,13,14,15,17). The first kappa shape index (κ1) is 17.1. The van der Waals surface area contributed by atoms with Crippen LogP contribution in [0.25, 0.3) is 0 Å². The van der Waals surface area contributed by atoms with Gasteiger partial charge in [-0.25, -0.2) is 18.1 Å². The fourth-order valence-electron chi connectivity index (χ4n) is 1.41. The lowest BCUT2D eigenvalue weighted by atomic mass is 10.5. The minimum absolute atomic E-state index is 0.00496. The summed E-state index contributed by atoms with van der Waals surface area (Å²) in [5.74, 6) is 1.09. The van der Waals surface area contributed by atoms with Crippen molar-refractivity contribution in [1.82, 2.24) is 14.7 Å². The number of hydrogen-bond acceptors (Lipinski definition) is 6. The van der Waals surface area contributed by atoms with Crippen LogP contribution in [0, 0.1) is 0 Å². The Balaban J connectivity index is 2.58. The topological polar surface area (TPSA) is 96.0 Å². The quantitative estimate of drug-likeness (QED) is 0.612. The van der Waals surface area contributed by atoms with E-state index in [1.54, 1.807) is 13.1 Å². The average molecular weight is 366 g/mol. The van der Waals surface area contributed by atoms with E-state index in [1.165, 1.54) is 0 Å². The van der Waals surface area contributed by atoms with Crippen LogP contribution in [0.2, 0.25) is 0 Å². The number of rotatable bonds is 9. The molecule has 1 rings (SSSR count). The van der Waals surface area contributed by atoms with E-state index in [0.717, 1.165) is 13.0 Å². The highest BCUT2D eigenvalue weighted by atomic mass is 79.9. The lowest BCUT2D eigenvalue weighted by Gasteiger charge is -2.10. The highest BCUT2D eigenvalue weighted by Crippen LogP contribution is 2.19. The maximum Gasteiger partial charge on any atom is 0.224 e. The molecule has 0 aromatic carbocycles. The molecule has 0 saturated heterocycles. The van der Waals surface area contributed by atoms with E-state index in [2.05, 4.69) is 48.2 Å². The molecule has 0 amide bonds. The minimum Gasteiger partial charge on any atom is -0.368 e. The number of aromatic nitrogens is 2. The van der Waals surface area contributed by atoms with Gasteiger partial charge < -0.3 is 10.6 Å². The van der Waals surface area contributed by atoms with Crippen molar-refractivity contribution >= 4 is 37.7 Å². The molecular weight excluding hydrogens is 346 g/mol. The van der Waals surface area contributed by atoms with Gasteiger partial charge in [0.1, 0.15) is 5.82 Å². The smallest absolute Gasteiger partial charge is 0.224 e. The zero-order valence-corrected chi connectivity index (χ0v) is 14.0. The second kappa shape index (κ2) is 8.38. The van der Waals surface area contributed by atoms with Crippen LogP contribution in [0.3, 0.4) is 0 Å². The molecule has 20 heavy (non-hydrogen) atoms. The molecule has 0 atom stereocenters. The summed E-state index contributed by atoms with van der Waals surface area (Å²) in [6.45, 7) is 5.26. The molecule has 1 aromatic heterocycles. The molecule has 0 aliphatic rings. The maximum atomic E-state index is 11.5. The number of sulfonamides is 1. The van der Waals surface area contributed by atoms with Crippen molar-refractivity contribution in [3.8, 4) is 0 Å². The Bertz CT molecular complexity index is 524. The van der Waals surface area contributed by atoms with E-state index in [1.807, 2.05) is 0 Å². The molecule has 1 aromatic rings.